The number of fused-ring (bicyclic) bond motifs is 1. The molecule has 0 aliphatic carbocycles. The number of pyridine rings is 1. The molecule has 3 aromatic rings. The fourth-order valence-corrected chi connectivity index (χ4v) is 2.83. The van der Waals surface area contributed by atoms with E-state index in [4.69, 9.17) is 4.98 Å². The van der Waals surface area contributed by atoms with Gasteiger partial charge in [0.15, 0.2) is 0 Å². The van der Waals surface area contributed by atoms with E-state index in [0.29, 0.717) is 6.54 Å². The van der Waals surface area contributed by atoms with Crippen LogP contribution in [0.3, 0.4) is 0 Å². The van der Waals surface area contributed by atoms with Gasteiger partial charge in [-0.1, -0.05) is 43.3 Å². The second-order valence-electron chi connectivity index (χ2n) is 5.65. The van der Waals surface area contributed by atoms with Crippen molar-refractivity contribution in [1.29, 1.82) is 0 Å². The van der Waals surface area contributed by atoms with Crippen LogP contribution in [0.25, 0.3) is 22.2 Å². The first kappa shape index (κ1) is 15.5. The van der Waals surface area contributed by atoms with E-state index < -0.39 is 0 Å². The number of para-hydroxylation sites is 1. The molecule has 0 aliphatic rings. The molecule has 0 atom stereocenters. The van der Waals surface area contributed by atoms with Gasteiger partial charge in [0.25, 0.3) is 0 Å². The minimum Gasteiger partial charge on any atom is -0.395 e. The third-order valence-corrected chi connectivity index (χ3v) is 3.99. The van der Waals surface area contributed by atoms with Crippen molar-refractivity contribution in [3.05, 3.63) is 60.7 Å². The second-order valence-corrected chi connectivity index (χ2v) is 5.65. The molecule has 1 heterocycles. The average Bonchev–Trinajstić information content (AvgIpc) is 2.61. The summed E-state index contributed by atoms with van der Waals surface area (Å²) in [5, 5.41) is 10.4. The molecule has 3 heteroatoms. The molecular formula is C20H22N2O. The van der Waals surface area contributed by atoms with Crippen LogP contribution in [0.1, 0.15) is 13.3 Å². The van der Waals surface area contributed by atoms with Gasteiger partial charge in [-0.15, -0.1) is 0 Å². The van der Waals surface area contributed by atoms with Crippen molar-refractivity contribution >= 4 is 16.6 Å². The monoisotopic (exact) mass is 306 g/mol. The van der Waals surface area contributed by atoms with Gasteiger partial charge in [0.05, 0.1) is 17.8 Å². The molecule has 0 aliphatic heterocycles. The summed E-state index contributed by atoms with van der Waals surface area (Å²) in [5.74, 6) is 0. The van der Waals surface area contributed by atoms with E-state index in [-0.39, 0.29) is 6.61 Å². The van der Waals surface area contributed by atoms with Crippen molar-refractivity contribution in [3.63, 3.8) is 0 Å². The summed E-state index contributed by atoms with van der Waals surface area (Å²) in [7, 11) is 0. The second kappa shape index (κ2) is 7.25. The predicted molar refractivity (Wildman–Crippen MR) is 96.8 cm³/mol. The molecule has 0 fully saturated rings. The zero-order chi connectivity index (χ0) is 16.1. The Hall–Kier alpha value is -2.39. The van der Waals surface area contributed by atoms with Crippen molar-refractivity contribution in [1.82, 2.24) is 4.98 Å². The van der Waals surface area contributed by atoms with Gasteiger partial charge < -0.3 is 10.0 Å². The van der Waals surface area contributed by atoms with E-state index in [0.717, 1.165) is 40.8 Å². The lowest BCUT2D eigenvalue weighted by atomic mass is 10.1. The van der Waals surface area contributed by atoms with Crippen LogP contribution < -0.4 is 4.90 Å². The zero-order valence-electron chi connectivity index (χ0n) is 13.4. The topological polar surface area (TPSA) is 36.4 Å². The van der Waals surface area contributed by atoms with Crippen molar-refractivity contribution in [2.75, 3.05) is 24.6 Å². The summed E-state index contributed by atoms with van der Waals surface area (Å²) in [6.45, 7) is 3.95. The van der Waals surface area contributed by atoms with Crippen LogP contribution in [-0.4, -0.2) is 29.8 Å². The van der Waals surface area contributed by atoms with Crippen LogP contribution in [0.2, 0.25) is 0 Å². The van der Waals surface area contributed by atoms with E-state index in [9.17, 15) is 5.11 Å². The van der Waals surface area contributed by atoms with Crippen LogP contribution >= 0.6 is 0 Å². The molecule has 0 radical (unpaired) electrons. The standard InChI is InChI=1S/C20H22N2O/c1-2-13-22(14-15-23)18-10-7-17(8-11-18)20-12-9-16-5-3-4-6-19(16)21-20/h3-12,23H,2,13-15H2,1H3. The maximum absolute atomic E-state index is 9.21. The Bertz CT molecular complexity index is 762. The summed E-state index contributed by atoms with van der Waals surface area (Å²) < 4.78 is 0. The Balaban J connectivity index is 1.88. The van der Waals surface area contributed by atoms with Gasteiger partial charge in [-0.25, -0.2) is 4.98 Å². The van der Waals surface area contributed by atoms with Crippen molar-refractivity contribution in [2.24, 2.45) is 0 Å². The number of nitrogens with zero attached hydrogens (tertiary/aromatic N) is 2. The average molecular weight is 306 g/mol. The Labute approximate surface area is 137 Å². The minimum absolute atomic E-state index is 0.175. The number of aliphatic hydroxyl groups excluding tert-OH is 1. The smallest absolute Gasteiger partial charge is 0.0709 e. The summed E-state index contributed by atoms with van der Waals surface area (Å²) in [6.07, 6.45) is 1.06. The molecule has 1 aromatic heterocycles. The van der Waals surface area contributed by atoms with Gasteiger partial charge in [-0.2, -0.15) is 0 Å². The molecule has 0 saturated heterocycles. The lowest BCUT2D eigenvalue weighted by Crippen LogP contribution is -2.27. The molecule has 0 amide bonds. The fraction of sp³-hybridized carbons (Fsp3) is 0.250. The Kier molecular flexibility index (Phi) is 4.89. The summed E-state index contributed by atoms with van der Waals surface area (Å²) in [5.41, 5.74) is 4.26. The van der Waals surface area contributed by atoms with Crippen molar-refractivity contribution in [3.8, 4) is 11.3 Å². The van der Waals surface area contributed by atoms with Gasteiger partial charge in [0.2, 0.25) is 0 Å². The van der Waals surface area contributed by atoms with Gasteiger partial charge in [0.1, 0.15) is 0 Å². The minimum atomic E-state index is 0.175. The number of rotatable bonds is 6. The lowest BCUT2D eigenvalue weighted by Gasteiger charge is -2.23. The molecule has 0 bridgehead atoms. The van der Waals surface area contributed by atoms with E-state index in [1.807, 2.05) is 18.2 Å². The molecule has 0 spiro atoms. The highest BCUT2D eigenvalue weighted by Gasteiger charge is 2.06. The number of hydrogen-bond acceptors (Lipinski definition) is 3. The Morgan fingerprint density at radius 3 is 2.43 bits per heavy atom. The highest BCUT2D eigenvalue weighted by Crippen LogP contribution is 2.24. The van der Waals surface area contributed by atoms with Gasteiger partial charge in [0, 0.05) is 29.7 Å². The number of anilines is 1. The number of benzene rings is 2. The summed E-state index contributed by atoms with van der Waals surface area (Å²) >= 11 is 0. The van der Waals surface area contributed by atoms with Crippen LogP contribution in [0.15, 0.2) is 60.7 Å². The first-order chi connectivity index (χ1) is 11.3. The van der Waals surface area contributed by atoms with Gasteiger partial charge in [-0.3, -0.25) is 0 Å². The molecule has 0 unspecified atom stereocenters. The van der Waals surface area contributed by atoms with Crippen molar-refractivity contribution in [2.45, 2.75) is 13.3 Å². The number of aromatic nitrogens is 1. The zero-order valence-corrected chi connectivity index (χ0v) is 13.4. The van der Waals surface area contributed by atoms with Crippen molar-refractivity contribution < 1.29 is 5.11 Å². The normalized spacial score (nSPS) is 10.9. The van der Waals surface area contributed by atoms with Crippen LogP contribution in [0, 0.1) is 0 Å². The first-order valence-electron chi connectivity index (χ1n) is 8.14. The quantitative estimate of drug-likeness (QED) is 0.744. The lowest BCUT2D eigenvalue weighted by molar-refractivity contribution is 0.302. The van der Waals surface area contributed by atoms with E-state index >= 15 is 0 Å². The third-order valence-electron chi connectivity index (χ3n) is 3.99. The summed E-state index contributed by atoms with van der Waals surface area (Å²) in [6, 6.07) is 20.8. The van der Waals surface area contributed by atoms with Crippen LogP contribution in [0.4, 0.5) is 5.69 Å². The molecule has 2 aromatic carbocycles. The van der Waals surface area contributed by atoms with Gasteiger partial charge >= 0.3 is 0 Å². The summed E-state index contributed by atoms with van der Waals surface area (Å²) in [4.78, 5) is 6.94. The molecular weight excluding hydrogens is 284 g/mol. The fourth-order valence-electron chi connectivity index (χ4n) is 2.83. The number of hydrogen-bond donors (Lipinski definition) is 1. The molecule has 1 N–H and O–H groups in total. The predicted octanol–water partition coefficient (Wildman–Crippen LogP) is 4.11. The van der Waals surface area contributed by atoms with Crippen LogP contribution in [-0.2, 0) is 0 Å². The maximum atomic E-state index is 9.21. The molecule has 3 rings (SSSR count). The highest BCUT2D eigenvalue weighted by atomic mass is 16.3. The maximum Gasteiger partial charge on any atom is 0.0709 e. The Morgan fingerprint density at radius 2 is 1.70 bits per heavy atom. The Morgan fingerprint density at radius 1 is 0.913 bits per heavy atom. The van der Waals surface area contributed by atoms with Gasteiger partial charge in [-0.05, 0) is 30.7 Å². The third kappa shape index (κ3) is 3.51. The van der Waals surface area contributed by atoms with E-state index in [2.05, 4.69) is 54.3 Å². The van der Waals surface area contributed by atoms with Crippen LogP contribution in [0.5, 0.6) is 0 Å². The highest BCUT2D eigenvalue weighted by molar-refractivity contribution is 5.81. The SMILES string of the molecule is CCCN(CCO)c1ccc(-c2ccc3ccccc3n2)cc1. The number of aliphatic hydroxyl groups is 1. The molecule has 23 heavy (non-hydrogen) atoms. The molecule has 118 valence electrons. The largest absolute Gasteiger partial charge is 0.395 e. The first-order valence-corrected chi connectivity index (χ1v) is 8.14. The van der Waals surface area contributed by atoms with E-state index in [1.165, 1.54) is 0 Å². The van der Waals surface area contributed by atoms with E-state index in [1.54, 1.807) is 0 Å². The molecule has 0 saturated carbocycles. The molecule has 3 nitrogen and oxygen atoms in total.